The van der Waals surface area contributed by atoms with Gasteiger partial charge in [-0.15, -0.1) is 21.5 Å². The highest BCUT2D eigenvalue weighted by Gasteiger charge is 2.26. The minimum Gasteiger partial charge on any atom is -0.418 e. The molecule has 4 heterocycles. The molecule has 134 valence electrons. The van der Waals surface area contributed by atoms with Gasteiger partial charge >= 0.3 is 0 Å². The number of nitrogens with zero attached hydrogens (tertiary/aromatic N) is 4. The molecule has 0 spiro atoms. The van der Waals surface area contributed by atoms with E-state index in [1.54, 1.807) is 6.20 Å². The third-order valence-electron chi connectivity index (χ3n) is 4.34. The van der Waals surface area contributed by atoms with E-state index >= 15 is 0 Å². The summed E-state index contributed by atoms with van der Waals surface area (Å²) in [6.45, 7) is 0.489. The Balaban J connectivity index is 1.42. The molecule has 0 unspecified atom stereocenters. The van der Waals surface area contributed by atoms with Crippen molar-refractivity contribution < 1.29 is 9.15 Å². The maximum Gasteiger partial charge on any atom is 0.264 e. The van der Waals surface area contributed by atoms with Gasteiger partial charge in [-0.05, 0) is 11.1 Å². The summed E-state index contributed by atoms with van der Waals surface area (Å²) in [4.78, 5) is 23.5. The zero-order chi connectivity index (χ0) is 18.2. The summed E-state index contributed by atoms with van der Waals surface area (Å²) in [5.74, 6) is 0.875. The molecule has 9 heteroatoms. The van der Waals surface area contributed by atoms with Gasteiger partial charge in [0.25, 0.3) is 11.4 Å². The molecule has 1 aromatic carbocycles. The number of ether oxygens (including phenoxy) is 1. The number of benzene rings is 1. The molecule has 8 nitrogen and oxygen atoms in total. The third-order valence-corrected chi connectivity index (χ3v) is 5.12. The van der Waals surface area contributed by atoms with Gasteiger partial charge < -0.3 is 14.1 Å². The normalized spacial score (nSPS) is 16.2. The van der Waals surface area contributed by atoms with Crippen molar-refractivity contribution in [1.82, 2.24) is 25.1 Å². The van der Waals surface area contributed by atoms with Crippen LogP contribution in [0.5, 0.6) is 0 Å². The van der Waals surface area contributed by atoms with Crippen LogP contribution in [0.1, 0.15) is 23.1 Å². The summed E-state index contributed by atoms with van der Waals surface area (Å²) in [5, 5.41) is 10.5. The van der Waals surface area contributed by atoms with Crippen molar-refractivity contribution in [2.45, 2.75) is 19.1 Å². The highest BCUT2D eigenvalue weighted by atomic mass is 32.1. The average Bonchev–Trinajstić information content (AvgIpc) is 3.40. The first kappa shape index (κ1) is 16.0. The van der Waals surface area contributed by atoms with E-state index in [0.29, 0.717) is 29.8 Å². The number of rotatable bonds is 3. The lowest BCUT2D eigenvalue weighted by atomic mass is 9.99. The topological polar surface area (TPSA) is 107 Å². The molecule has 0 fully saturated rings. The summed E-state index contributed by atoms with van der Waals surface area (Å²) in [5.41, 5.74) is 2.21. The Bertz CT molecular complexity index is 1150. The van der Waals surface area contributed by atoms with Crippen molar-refractivity contribution in [2.75, 3.05) is 0 Å². The van der Waals surface area contributed by atoms with Gasteiger partial charge in [0, 0.05) is 24.2 Å². The zero-order valence-electron chi connectivity index (χ0n) is 14.0. The number of thiazole rings is 1. The Morgan fingerprint density at radius 1 is 1.15 bits per heavy atom. The molecule has 27 heavy (non-hydrogen) atoms. The van der Waals surface area contributed by atoms with E-state index < -0.39 is 0 Å². The Morgan fingerprint density at radius 3 is 2.85 bits per heavy atom. The first-order chi connectivity index (χ1) is 13.3. The monoisotopic (exact) mass is 379 g/mol. The van der Waals surface area contributed by atoms with Crippen molar-refractivity contribution in [3.63, 3.8) is 0 Å². The molecule has 1 N–H and O–H groups in total. The van der Waals surface area contributed by atoms with Crippen molar-refractivity contribution in [3.05, 3.63) is 69.4 Å². The number of aromatic nitrogens is 5. The highest BCUT2D eigenvalue weighted by Crippen LogP contribution is 2.30. The van der Waals surface area contributed by atoms with Crippen LogP contribution in [-0.2, 0) is 17.8 Å². The van der Waals surface area contributed by atoms with Gasteiger partial charge in [0.2, 0.25) is 5.89 Å². The van der Waals surface area contributed by atoms with Crippen LogP contribution in [-0.4, -0.2) is 25.1 Å². The molecule has 5 rings (SSSR count). The molecular formula is C18H13N5O3S. The molecule has 0 radical (unpaired) electrons. The van der Waals surface area contributed by atoms with Crippen LogP contribution >= 0.6 is 11.3 Å². The smallest absolute Gasteiger partial charge is 0.264 e. The van der Waals surface area contributed by atoms with Crippen molar-refractivity contribution in [3.8, 4) is 22.3 Å². The fraction of sp³-hybridized carbons (Fsp3) is 0.167. The average molecular weight is 379 g/mol. The van der Waals surface area contributed by atoms with Crippen LogP contribution in [0, 0.1) is 0 Å². The van der Waals surface area contributed by atoms with E-state index in [1.807, 2.05) is 23.6 Å². The SMILES string of the molecule is O=c1[nH]c(-c2nccs2)ncc1-c1nnc([C@@H]2Cc3ccccc3CO2)o1. The summed E-state index contributed by atoms with van der Waals surface area (Å²) in [6, 6.07) is 8.09. The lowest BCUT2D eigenvalue weighted by molar-refractivity contribution is 0.0105. The molecule has 0 amide bonds. The lowest BCUT2D eigenvalue weighted by Gasteiger charge is -2.22. The van der Waals surface area contributed by atoms with Crippen molar-refractivity contribution >= 4 is 11.3 Å². The quantitative estimate of drug-likeness (QED) is 0.583. The first-order valence-corrected chi connectivity index (χ1v) is 9.17. The number of fused-ring (bicyclic) bond motifs is 1. The van der Waals surface area contributed by atoms with Crippen molar-refractivity contribution in [1.29, 1.82) is 0 Å². The van der Waals surface area contributed by atoms with Crippen LogP contribution < -0.4 is 5.56 Å². The maximum atomic E-state index is 12.4. The van der Waals surface area contributed by atoms with E-state index in [2.05, 4.69) is 31.2 Å². The van der Waals surface area contributed by atoms with E-state index in [-0.39, 0.29) is 23.1 Å². The predicted octanol–water partition coefficient (Wildman–Crippen LogP) is 2.76. The Kier molecular flexibility index (Phi) is 3.88. The van der Waals surface area contributed by atoms with Crippen LogP contribution in [0.4, 0.5) is 0 Å². The van der Waals surface area contributed by atoms with Gasteiger partial charge in [-0.25, -0.2) is 9.97 Å². The molecular weight excluding hydrogens is 366 g/mol. The lowest BCUT2D eigenvalue weighted by Crippen LogP contribution is -2.15. The van der Waals surface area contributed by atoms with Crippen LogP contribution in [0.2, 0.25) is 0 Å². The second-order valence-electron chi connectivity index (χ2n) is 6.03. The molecule has 0 aliphatic carbocycles. The number of H-pyrrole nitrogens is 1. The van der Waals surface area contributed by atoms with E-state index in [9.17, 15) is 4.79 Å². The second kappa shape index (κ2) is 6.53. The Morgan fingerprint density at radius 2 is 2.04 bits per heavy atom. The highest BCUT2D eigenvalue weighted by molar-refractivity contribution is 7.12. The molecule has 1 aliphatic rings. The molecule has 3 aromatic heterocycles. The largest absolute Gasteiger partial charge is 0.418 e. The van der Waals surface area contributed by atoms with E-state index in [4.69, 9.17) is 9.15 Å². The van der Waals surface area contributed by atoms with Gasteiger partial charge in [0.15, 0.2) is 10.8 Å². The molecule has 0 bridgehead atoms. The summed E-state index contributed by atoms with van der Waals surface area (Å²) in [6.07, 6.45) is 3.39. The number of hydrogen-bond acceptors (Lipinski definition) is 8. The van der Waals surface area contributed by atoms with Gasteiger partial charge in [-0.3, -0.25) is 4.79 Å². The van der Waals surface area contributed by atoms with Gasteiger partial charge in [0.1, 0.15) is 11.7 Å². The third kappa shape index (κ3) is 2.96. The molecule has 1 aliphatic heterocycles. The molecule has 4 aromatic rings. The van der Waals surface area contributed by atoms with Gasteiger partial charge in [0.05, 0.1) is 6.61 Å². The van der Waals surface area contributed by atoms with E-state index in [1.165, 1.54) is 23.1 Å². The minimum absolute atomic E-state index is 0.117. The van der Waals surface area contributed by atoms with Crippen molar-refractivity contribution in [2.24, 2.45) is 0 Å². The second-order valence-corrected chi connectivity index (χ2v) is 6.92. The summed E-state index contributed by atoms with van der Waals surface area (Å²) in [7, 11) is 0. The predicted molar refractivity (Wildman–Crippen MR) is 96.9 cm³/mol. The molecule has 1 atom stereocenters. The number of hydrogen-bond donors (Lipinski definition) is 1. The maximum absolute atomic E-state index is 12.4. The van der Waals surface area contributed by atoms with E-state index in [0.717, 1.165) is 5.56 Å². The zero-order valence-corrected chi connectivity index (χ0v) is 14.8. The van der Waals surface area contributed by atoms with Crippen LogP contribution in [0.3, 0.4) is 0 Å². The fourth-order valence-corrected chi connectivity index (χ4v) is 3.56. The Labute approximate surface area is 156 Å². The Hall–Kier alpha value is -3.17. The summed E-state index contributed by atoms with van der Waals surface area (Å²) >= 11 is 1.39. The standard InChI is InChI=1S/C18H13N5O3S/c24-15-12(8-20-14(21-15)18-19-5-6-27-18)16-22-23-17(26-16)13-7-10-3-1-2-4-11(10)9-25-13/h1-6,8,13H,7,9H2,(H,20,21,24)/t13-/m0/s1. The number of aromatic amines is 1. The fourth-order valence-electron chi connectivity index (χ4n) is 2.97. The summed E-state index contributed by atoms with van der Waals surface area (Å²) < 4.78 is 11.5. The van der Waals surface area contributed by atoms with Crippen LogP contribution in [0.25, 0.3) is 22.3 Å². The number of nitrogens with one attached hydrogen (secondary N) is 1. The van der Waals surface area contributed by atoms with Crippen LogP contribution in [0.15, 0.2) is 51.3 Å². The molecule has 0 saturated carbocycles. The minimum atomic E-state index is -0.361. The van der Waals surface area contributed by atoms with Gasteiger partial charge in [-0.2, -0.15) is 0 Å². The first-order valence-electron chi connectivity index (χ1n) is 8.29. The molecule has 0 saturated heterocycles. The van der Waals surface area contributed by atoms with Gasteiger partial charge in [-0.1, -0.05) is 24.3 Å².